The topological polar surface area (TPSA) is 46.2 Å². The second-order valence-electron chi connectivity index (χ2n) is 5.05. The SMILES string of the molecule is CCCCC#Cc1cccc(NS(=O)(=O)c2ccc(Cl)cc2)c1. The van der Waals surface area contributed by atoms with Gasteiger partial charge in [-0.2, -0.15) is 0 Å². The molecule has 0 aromatic heterocycles. The van der Waals surface area contributed by atoms with Crippen LogP contribution >= 0.6 is 11.6 Å². The van der Waals surface area contributed by atoms with E-state index in [1.54, 1.807) is 30.3 Å². The number of benzene rings is 2. The summed E-state index contributed by atoms with van der Waals surface area (Å²) in [5.41, 5.74) is 1.28. The monoisotopic (exact) mass is 347 g/mol. The summed E-state index contributed by atoms with van der Waals surface area (Å²) >= 11 is 5.78. The van der Waals surface area contributed by atoms with E-state index in [2.05, 4.69) is 23.5 Å². The summed E-state index contributed by atoms with van der Waals surface area (Å²) in [6.07, 6.45) is 3.02. The molecule has 0 bridgehead atoms. The first-order valence-corrected chi connectivity index (χ1v) is 9.25. The highest BCUT2D eigenvalue weighted by molar-refractivity contribution is 7.92. The third-order valence-corrected chi connectivity index (χ3v) is 4.78. The lowest BCUT2D eigenvalue weighted by Crippen LogP contribution is -2.12. The molecule has 0 aliphatic carbocycles. The number of halogens is 1. The van der Waals surface area contributed by atoms with E-state index in [9.17, 15) is 8.42 Å². The summed E-state index contributed by atoms with van der Waals surface area (Å²) in [7, 11) is -3.63. The Morgan fingerprint density at radius 3 is 2.57 bits per heavy atom. The van der Waals surface area contributed by atoms with Crippen molar-refractivity contribution in [2.24, 2.45) is 0 Å². The van der Waals surface area contributed by atoms with Crippen LogP contribution in [-0.4, -0.2) is 8.42 Å². The lowest BCUT2D eigenvalue weighted by atomic mass is 10.2. The number of sulfonamides is 1. The van der Waals surface area contributed by atoms with Gasteiger partial charge in [-0.05, 0) is 48.9 Å². The van der Waals surface area contributed by atoms with Crippen molar-refractivity contribution < 1.29 is 8.42 Å². The zero-order chi connectivity index (χ0) is 16.7. The van der Waals surface area contributed by atoms with E-state index < -0.39 is 10.0 Å². The van der Waals surface area contributed by atoms with E-state index in [1.165, 1.54) is 12.1 Å². The summed E-state index contributed by atoms with van der Waals surface area (Å²) in [6, 6.07) is 13.1. The lowest BCUT2D eigenvalue weighted by molar-refractivity contribution is 0.601. The van der Waals surface area contributed by atoms with Crippen LogP contribution < -0.4 is 4.72 Å². The van der Waals surface area contributed by atoms with E-state index in [0.717, 1.165) is 24.8 Å². The summed E-state index contributed by atoms with van der Waals surface area (Å²) in [5.74, 6) is 6.14. The van der Waals surface area contributed by atoms with Gasteiger partial charge in [0.2, 0.25) is 0 Å². The molecule has 0 spiro atoms. The Kier molecular flexibility index (Phi) is 6.09. The van der Waals surface area contributed by atoms with Crippen molar-refractivity contribution >= 4 is 27.3 Å². The van der Waals surface area contributed by atoms with Gasteiger partial charge in [0.1, 0.15) is 0 Å². The number of anilines is 1. The van der Waals surface area contributed by atoms with Gasteiger partial charge in [0.25, 0.3) is 10.0 Å². The highest BCUT2D eigenvalue weighted by Crippen LogP contribution is 2.19. The van der Waals surface area contributed by atoms with Crippen LogP contribution in [0.5, 0.6) is 0 Å². The van der Waals surface area contributed by atoms with Gasteiger partial charge in [0.15, 0.2) is 0 Å². The quantitative estimate of drug-likeness (QED) is 0.630. The van der Waals surface area contributed by atoms with Crippen molar-refractivity contribution in [1.82, 2.24) is 0 Å². The van der Waals surface area contributed by atoms with Gasteiger partial charge >= 0.3 is 0 Å². The third-order valence-electron chi connectivity index (χ3n) is 3.13. The first kappa shape index (κ1) is 17.4. The van der Waals surface area contributed by atoms with Crippen LogP contribution in [0.1, 0.15) is 31.7 Å². The Bertz CT molecular complexity index is 818. The Morgan fingerprint density at radius 1 is 1.13 bits per heavy atom. The molecule has 0 unspecified atom stereocenters. The van der Waals surface area contributed by atoms with E-state index in [0.29, 0.717) is 10.7 Å². The lowest BCUT2D eigenvalue weighted by Gasteiger charge is -2.08. The molecule has 1 N–H and O–H groups in total. The Hall–Kier alpha value is -1.96. The number of nitrogens with one attached hydrogen (secondary N) is 1. The van der Waals surface area contributed by atoms with Crippen LogP contribution in [0.25, 0.3) is 0 Å². The van der Waals surface area contributed by atoms with Gasteiger partial charge < -0.3 is 0 Å². The van der Waals surface area contributed by atoms with Crippen LogP contribution in [0.2, 0.25) is 5.02 Å². The zero-order valence-corrected chi connectivity index (χ0v) is 14.4. The van der Waals surface area contributed by atoms with E-state index in [4.69, 9.17) is 11.6 Å². The van der Waals surface area contributed by atoms with Gasteiger partial charge in [-0.1, -0.05) is 42.9 Å². The molecule has 0 aliphatic rings. The molecule has 0 saturated carbocycles. The van der Waals surface area contributed by atoms with Gasteiger partial charge in [-0.15, -0.1) is 0 Å². The van der Waals surface area contributed by atoms with Crippen molar-refractivity contribution in [2.75, 3.05) is 4.72 Å². The number of hydrogen-bond donors (Lipinski definition) is 1. The number of rotatable bonds is 5. The average Bonchev–Trinajstić information content (AvgIpc) is 2.52. The fourth-order valence-electron chi connectivity index (χ4n) is 1.92. The number of unbranched alkanes of at least 4 members (excludes halogenated alkanes) is 2. The van der Waals surface area contributed by atoms with Gasteiger partial charge in [0.05, 0.1) is 10.6 Å². The molecule has 0 amide bonds. The fraction of sp³-hybridized carbons (Fsp3) is 0.222. The average molecular weight is 348 g/mol. The first-order valence-electron chi connectivity index (χ1n) is 7.38. The molecule has 5 heteroatoms. The largest absolute Gasteiger partial charge is 0.280 e. The van der Waals surface area contributed by atoms with Crippen molar-refractivity contribution in [2.45, 2.75) is 31.1 Å². The third kappa shape index (κ3) is 5.31. The molecule has 23 heavy (non-hydrogen) atoms. The first-order chi connectivity index (χ1) is 11.0. The molecule has 2 aromatic rings. The van der Waals surface area contributed by atoms with Crippen LogP contribution in [0.3, 0.4) is 0 Å². The molecule has 0 aliphatic heterocycles. The molecular formula is C18H18ClNO2S. The molecule has 2 aromatic carbocycles. The molecule has 0 atom stereocenters. The minimum Gasteiger partial charge on any atom is -0.280 e. The van der Waals surface area contributed by atoms with E-state index >= 15 is 0 Å². The number of hydrogen-bond acceptors (Lipinski definition) is 2. The van der Waals surface area contributed by atoms with Crippen LogP contribution in [0.15, 0.2) is 53.4 Å². The maximum atomic E-state index is 12.3. The van der Waals surface area contributed by atoms with Gasteiger partial charge in [-0.25, -0.2) is 8.42 Å². The normalized spacial score (nSPS) is 10.7. The standard InChI is InChI=1S/C18H18ClNO2S/c1-2-3-4-5-7-15-8-6-9-17(14-15)20-23(21,22)18-12-10-16(19)11-13-18/h6,8-14,20H,2-4H2,1H3. The molecule has 120 valence electrons. The van der Waals surface area contributed by atoms with Crippen molar-refractivity contribution in [3.05, 3.63) is 59.1 Å². The predicted octanol–water partition coefficient (Wildman–Crippen LogP) is 4.68. The summed E-state index contributed by atoms with van der Waals surface area (Å²) in [6.45, 7) is 2.12. The Labute approximate surface area is 142 Å². The van der Waals surface area contributed by atoms with Crippen molar-refractivity contribution in [3.8, 4) is 11.8 Å². The molecule has 3 nitrogen and oxygen atoms in total. The summed E-state index contributed by atoms with van der Waals surface area (Å²) in [5, 5.41) is 0.494. The zero-order valence-electron chi connectivity index (χ0n) is 12.8. The minimum absolute atomic E-state index is 0.168. The van der Waals surface area contributed by atoms with Gasteiger partial charge in [-0.3, -0.25) is 4.72 Å². The Morgan fingerprint density at radius 2 is 1.87 bits per heavy atom. The van der Waals surface area contributed by atoms with Crippen LogP contribution in [0, 0.1) is 11.8 Å². The second kappa shape index (κ2) is 8.05. The second-order valence-corrected chi connectivity index (χ2v) is 7.16. The summed E-state index contributed by atoms with van der Waals surface area (Å²) in [4.78, 5) is 0.168. The van der Waals surface area contributed by atoms with Crippen LogP contribution in [-0.2, 0) is 10.0 Å². The maximum absolute atomic E-state index is 12.3. The van der Waals surface area contributed by atoms with E-state index in [1.807, 2.05) is 6.07 Å². The Balaban J connectivity index is 2.16. The molecule has 0 radical (unpaired) electrons. The fourth-order valence-corrected chi connectivity index (χ4v) is 3.09. The molecule has 0 saturated heterocycles. The van der Waals surface area contributed by atoms with Gasteiger partial charge in [0, 0.05) is 17.0 Å². The predicted molar refractivity (Wildman–Crippen MR) is 95.1 cm³/mol. The van der Waals surface area contributed by atoms with Crippen molar-refractivity contribution in [1.29, 1.82) is 0 Å². The highest BCUT2D eigenvalue weighted by Gasteiger charge is 2.13. The van der Waals surface area contributed by atoms with E-state index in [-0.39, 0.29) is 4.90 Å². The minimum atomic E-state index is -3.63. The summed E-state index contributed by atoms with van der Waals surface area (Å²) < 4.78 is 27.2. The molecule has 0 heterocycles. The smallest absolute Gasteiger partial charge is 0.261 e. The molecular weight excluding hydrogens is 330 g/mol. The highest BCUT2D eigenvalue weighted by atomic mass is 35.5. The molecule has 2 rings (SSSR count). The maximum Gasteiger partial charge on any atom is 0.261 e. The van der Waals surface area contributed by atoms with Crippen molar-refractivity contribution in [3.63, 3.8) is 0 Å². The van der Waals surface area contributed by atoms with Crippen LogP contribution in [0.4, 0.5) is 5.69 Å². The molecule has 0 fully saturated rings.